The van der Waals surface area contributed by atoms with Crippen molar-refractivity contribution in [2.24, 2.45) is 0 Å². The molecule has 0 saturated heterocycles. The van der Waals surface area contributed by atoms with Gasteiger partial charge in [0.2, 0.25) is 0 Å². The second kappa shape index (κ2) is 32.7. The van der Waals surface area contributed by atoms with Gasteiger partial charge in [-0.25, -0.2) is 0 Å². The van der Waals surface area contributed by atoms with E-state index < -0.39 is 0 Å². The van der Waals surface area contributed by atoms with Crippen LogP contribution in [0.15, 0.2) is 0 Å². The Hall–Kier alpha value is 0.690. The van der Waals surface area contributed by atoms with E-state index >= 15 is 0 Å². The molecule has 0 aliphatic carbocycles. The minimum atomic E-state index is 0. The van der Waals surface area contributed by atoms with Gasteiger partial charge in [-0.15, -0.1) is 24.0 Å². The molecule has 0 amide bonds. The van der Waals surface area contributed by atoms with Crippen LogP contribution in [0.25, 0.3) is 0 Å². The third kappa shape index (κ3) is 32.7. The van der Waals surface area contributed by atoms with E-state index in [1.165, 1.54) is 180 Å². The van der Waals surface area contributed by atoms with Gasteiger partial charge >= 0.3 is 0 Å². The Morgan fingerprint density at radius 3 is 0.697 bits per heavy atom. The van der Waals surface area contributed by atoms with Crippen molar-refractivity contribution in [1.82, 2.24) is 4.90 Å². The average molecular weight is 580 g/mol. The van der Waals surface area contributed by atoms with Gasteiger partial charge in [0.15, 0.2) is 0 Å². The topological polar surface area (TPSA) is 3.24 Å². The number of hydrogen-bond acceptors (Lipinski definition) is 1. The van der Waals surface area contributed by atoms with Gasteiger partial charge in [0, 0.05) is 0 Å². The van der Waals surface area contributed by atoms with Crippen LogP contribution in [0.4, 0.5) is 0 Å². The monoisotopic (exact) mass is 579 g/mol. The summed E-state index contributed by atoms with van der Waals surface area (Å²) in [5.74, 6) is 0. The zero-order chi connectivity index (χ0) is 23.4. The highest BCUT2D eigenvalue weighted by molar-refractivity contribution is 14.0. The van der Waals surface area contributed by atoms with Crippen LogP contribution < -0.4 is 0 Å². The highest BCUT2D eigenvalue weighted by Crippen LogP contribution is 2.14. The first kappa shape index (κ1) is 35.8. The molecule has 0 aliphatic heterocycles. The Bertz CT molecular complexity index is 320. The second-order valence-electron chi connectivity index (χ2n) is 10.8. The summed E-state index contributed by atoms with van der Waals surface area (Å²) in [6, 6.07) is 0. The number of unbranched alkanes of at least 4 members (excludes halogenated alkanes) is 24. The summed E-state index contributed by atoms with van der Waals surface area (Å²) in [5, 5.41) is 0. The molecule has 2 heteroatoms. The van der Waals surface area contributed by atoms with Gasteiger partial charge in [0.05, 0.1) is 0 Å². The van der Waals surface area contributed by atoms with Gasteiger partial charge in [0.25, 0.3) is 0 Å². The molecule has 202 valence electrons. The number of halogens is 1. The molecule has 0 aromatic rings. The van der Waals surface area contributed by atoms with Gasteiger partial charge in [-0.1, -0.05) is 168 Å². The smallest absolute Gasteiger partial charge is 0.00218 e. The fourth-order valence-corrected chi connectivity index (χ4v) is 4.91. The van der Waals surface area contributed by atoms with Crippen LogP contribution in [-0.4, -0.2) is 25.0 Å². The van der Waals surface area contributed by atoms with Crippen molar-refractivity contribution in [2.45, 2.75) is 181 Å². The van der Waals surface area contributed by atoms with Crippen molar-refractivity contribution in [3.05, 3.63) is 0 Å². The molecule has 0 heterocycles. The zero-order valence-electron chi connectivity index (χ0n) is 23.7. The van der Waals surface area contributed by atoms with Crippen LogP contribution in [0, 0.1) is 0 Å². The van der Waals surface area contributed by atoms with Gasteiger partial charge in [-0.2, -0.15) is 0 Å². The van der Waals surface area contributed by atoms with Crippen LogP contribution in [-0.2, 0) is 0 Å². The molecule has 0 bridgehead atoms. The number of rotatable bonds is 28. The molecular weight excluding hydrogens is 513 g/mol. The van der Waals surface area contributed by atoms with Gasteiger partial charge in [-0.3, -0.25) is 0 Å². The summed E-state index contributed by atoms with van der Waals surface area (Å²) in [5.41, 5.74) is 0. The van der Waals surface area contributed by atoms with Crippen LogP contribution >= 0.6 is 24.0 Å². The van der Waals surface area contributed by atoms with Crippen molar-refractivity contribution in [2.75, 3.05) is 20.1 Å². The molecule has 0 rings (SSSR count). The van der Waals surface area contributed by atoms with E-state index in [-0.39, 0.29) is 24.0 Å². The summed E-state index contributed by atoms with van der Waals surface area (Å²) in [4.78, 5) is 2.58. The van der Waals surface area contributed by atoms with Crippen molar-refractivity contribution in [3.63, 3.8) is 0 Å². The highest BCUT2D eigenvalue weighted by Gasteiger charge is 1.99. The molecule has 0 aromatic heterocycles. The SMILES string of the molecule is CCCCCCCCCCCCCCCCCCN(C)CCCCCCCCCCCC.I. The van der Waals surface area contributed by atoms with Crippen LogP contribution in [0.2, 0.25) is 0 Å². The van der Waals surface area contributed by atoms with Crippen molar-refractivity contribution in [3.8, 4) is 0 Å². The first-order valence-corrected chi connectivity index (χ1v) is 15.5. The van der Waals surface area contributed by atoms with E-state index in [1.54, 1.807) is 0 Å². The molecule has 0 unspecified atom stereocenters. The van der Waals surface area contributed by atoms with Gasteiger partial charge in [-0.05, 0) is 33.0 Å². The molecule has 0 spiro atoms. The van der Waals surface area contributed by atoms with E-state index in [0.717, 1.165) is 0 Å². The maximum absolute atomic E-state index is 2.58. The zero-order valence-corrected chi connectivity index (χ0v) is 26.0. The standard InChI is InChI=1S/C31H65N.HI/c1-4-6-8-10-12-14-16-17-18-19-20-21-23-25-27-29-31-32(3)30-28-26-24-22-15-13-11-9-7-5-2;/h4-31H2,1-3H3;1H. The van der Waals surface area contributed by atoms with Crippen LogP contribution in [0.5, 0.6) is 0 Å². The largest absolute Gasteiger partial charge is 0.306 e. The van der Waals surface area contributed by atoms with Crippen molar-refractivity contribution in [1.29, 1.82) is 0 Å². The molecule has 0 fully saturated rings. The quantitative estimate of drug-likeness (QED) is 0.0658. The molecular formula is C31H66IN. The van der Waals surface area contributed by atoms with Crippen LogP contribution in [0.1, 0.15) is 181 Å². The van der Waals surface area contributed by atoms with E-state index in [1.807, 2.05) is 0 Å². The van der Waals surface area contributed by atoms with Gasteiger partial charge in [0.1, 0.15) is 0 Å². The fraction of sp³-hybridized carbons (Fsp3) is 1.00. The molecule has 0 N–H and O–H groups in total. The molecule has 1 nitrogen and oxygen atoms in total. The average Bonchev–Trinajstić information content (AvgIpc) is 2.80. The van der Waals surface area contributed by atoms with Gasteiger partial charge < -0.3 is 4.90 Å². The maximum atomic E-state index is 2.58. The predicted octanol–water partition coefficient (Wildman–Crippen LogP) is 11.7. The first-order valence-electron chi connectivity index (χ1n) is 15.5. The summed E-state index contributed by atoms with van der Waals surface area (Å²) >= 11 is 0. The normalized spacial score (nSPS) is 11.3. The highest BCUT2D eigenvalue weighted by atomic mass is 127. The van der Waals surface area contributed by atoms with E-state index in [2.05, 4.69) is 25.8 Å². The summed E-state index contributed by atoms with van der Waals surface area (Å²) < 4.78 is 0. The Kier molecular flexibility index (Phi) is 35.5. The van der Waals surface area contributed by atoms with E-state index in [9.17, 15) is 0 Å². The number of hydrogen-bond donors (Lipinski definition) is 0. The lowest BCUT2D eigenvalue weighted by Gasteiger charge is -2.16. The Morgan fingerprint density at radius 2 is 0.485 bits per heavy atom. The van der Waals surface area contributed by atoms with E-state index in [4.69, 9.17) is 0 Å². The summed E-state index contributed by atoms with van der Waals surface area (Å²) in [6.45, 7) is 7.24. The van der Waals surface area contributed by atoms with Crippen molar-refractivity contribution < 1.29 is 0 Å². The molecule has 0 aliphatic rings. The lowest BCUT2D eigenvalue weighted by Crippen LogP contribution is -2.20. The second-order valence-corrected chi connectivity index (χ2v) is 10.8. The molecule has 0 atom stereocenters. The Balaban J connectivity index is 0. The maximum Gasteiger partial charge on any atom is -0.00218 e. The lowest BCUT2D eigenvalue weighted by molar-refractivity contribution is 0.314. The molecule has 0 saturated carbocycles. The summed E-state index contributed by atoms with van der Waals surface area (Å²) in [6.07, 6.45) is 37.9. The Morgan fingerprint density at radius 1 is 0.303 bits per heavy atom. The molecule has 0 aromatic carbocycles. The van der Waals surface area contributed by atoms with E-state index in [0.29, 0.717) is 0 Å². The fourth-order valence-electron chi connectivity index (χ4n) is 4.91. The minimum absolute atomic E-state index is 0. The first-order chi connectivity index (χ1) is 15.8. The Labute approximate surface area is 229 Å². The van der Waals surface area contributed by atoms with Crippen molar-refractivity contribution >= 4 is 24.0 Å². The van der Waals surface area contributed by atoms with Crippen LogP contribution in [0.3, 0.4) is 0 Å². The minimum Gasteiger partial charge on any atom is -0.306 e. The summed E-state index contributed by atoms with van der Waals surface area (Å²) in [7, 11) is 2.33. The number of nitrogens with zero attached hydrogens (tertiary/aromatic N) is 1. The third-order valence-corrected chi connectivity index (χ3v) is 7.29. The molecule has 33 heavy (non-hydrogen) atoms. The molecule has 0 radical (unpaired) electrons. The third-order valence-electron chi connectivity index (χ3n) is 7.29. The lowest BCUT2D eigenvalue weighted by atomic mass is 10.0. The predicted molar refractivity (Wildman–Crippen MR) is 164 cm³/mol.